The highest BCUT2D eigenvalue weighted by atomic mass is 32.1. The standard InChI is InChI=1S/C23H27FN2O5S/c1-3-23(4-2,22(30)26-11-5-6-20(27)28)13-16-8-10-19(32-16)21(29)31-18-9-7-15(14-25)12-17(18)24/h7-10,12,14,25H,3-6,11,13H2,1-2H3,(H,26,30)(H,27,28). The fourth-order valence-corrected chi connectivity index (χ4v) is 4.31. The molecule has 7 nitrogen and oxygen atoms in total. The lowest BCUT2D eigenvalue weighted by Crippen LogP contribution is -2.42. The summed E-state index contributed by atoms with van der Waals surface area (Å²) in [6.45, 7) is 4.13. The molecule has 0 unspecified atom stereocenters. The summed E-state index contributed by atoms with van der Waals surface area (Å²) in [5.41, 5.74) is -0.318. The lowest BCUT2D eigenvalue weighted by atomic mass is 9.77. The van der Waals surface area contributed by atoms with Crippen molar-refractivity contribution in [3.63, 3.8) is 0 Å². The molecule has 9 heteroatoms. The number of ether oxygens (including phenoxy) is 1. The normalized spacial score (nSPS) is 11.1. The number of carbonyl (C=O) groups excluding carboxylic acids is 2. The number of thiophene rings is 1. The van der Waals surface area contributed by atoms with E-state index in [1.807, 2.05) is 13.8 Å². The van der Waals surface area contributed by atoms with E-state index in [1.54, 1.807) is 12.1 Å². The maximum Gasteiger partial charge on any atom is 0.353 e. The van der Waals surface area contributed by atoms with Crippen molar-refractivity contribution in [3.05, 3.63) is 51.5 Å². The molecule has 2 rings (SSSR count). The van der Waals surface area contributed by atoms with Gasteiger partial charge >= 0.3 is 11.9 Å². The topological polar surface area (TPSA) is 117 Å². The van der Waals surface area contributed by atoms with E-state index in [0.29, 0.717) is 36.1 Å². The second kappa shape index (κ2) is 11.5. The third kappa shape index (κ3) is 6.46. The number of esters is 1. The number of halogens is 1. The molecule has 0 aliphatic heterocycles. The van der Waals surface area contributed by atoms with E-state index in [0.717, 1.165) is 17.2 Å². The van der Waals surface area contributed by atoms with Crippen LogP contribution in [0, 0.1) is 16.6 Å². The molecular weight excluding hydrogens is 435 g/mol. The van der Waals surface area contributed by atoms with Gasteiger partial charge in [0.25, 0.3) is 0 Å². The van der Waals surface area contributed by atoms with E-state index >= 15 is 0 Å². The highest BCUT2D eigenvalue weighted by molar-refractivity contribution is 7.14. The van der Waals surface area contributed by atoms with E-state index in [1.165, 1.54) is 23.5 Å². The number of aliphatic carboxylic acids is 1. The number of hydrogen-bond acceptors (Lipinski definition) is 6. The van der Waals surface area contributed by atoms with E-state index in [-0.39, 0.29) is 24.6 Å². The summed E-state index contributed by atoms with van der Waals surface area (Å²) in [5.74, 6) is -2.68. The van der Waals surface area contributed by atoms with Crippen LogP contribution in [-0.2, 0) is 16.0 Å². The fraction of sp³-hybridized carbons (Fsp3) is 0.391. The van der Waals surface area contributed by atoms with Crippen LogP contribution in [0.15, 0.2) is 30.3 Å². The number of hydrogen-bond donors (Lipinski definition) is 3. The van der Waals surface area contributed by atoms with Gasteiger partial charge in [-0.25, -0.2) is 9.18 Å². The van der Waals surface area contributed by atoms with Crippen molar-refractivity contribution >= 4 is 35.4 Å². The van der Waals surface area contributed by atoms with Gasteiger partial charge in [0, 0.05) is 24.1 Å². The maximum atomic E-state index is 14.0. The minimum absolute atomic E-state index is 0.00733. The second-order valence-corrected chi connectivity index (χ2v) is 8.58. The average molecular weight is 463 g/mol. The summed E-state index contributed by atoms with van der Waals surface area (Å²) in [4.78, 5) is 37.0. The highest BCUT2D eigenvalue weighted by Crippen LogP contribution is 2.34. The number of rotatable bonds is 12. The Bertz CT molecular complexity index is 985. The van der Waals surface area contributed by atoms with Crippen molar-refractivity contribution in [3.8, 4) is 5.75 Å². The van der Waals surface area contributed by atoms with E-state index in [9.17, 15) is 18.8 Å². The van der Waals surface area contributed by atoms with Gasteiger partial charge in [0.15, 0.2) is 11.6 Å². The third-order valence-corrected chi connectivity index (χ3v) is 6.45. The molecule has 1 heterocycles. The molecule has 0 fully saturated rings. The Morgan fingerprint density at radius 2 is 1.94 bits per heavy atom. The van der Waals surface area contributed by atoms with Crippen LogP contribution in [-0.4, -0.2) is 35.7 Å². The Labute approximate surface area is 190 Å². The molecule has 0 saturated heterocycles. The Morgan fingerprint density at radius 1 is 1.22 bits per heavy atom. The number of carbonyl (C=O) groups is 3. The molecule has 0 aliphatic rings. The number of carboxylic acids is 1. The lowest BCUT2D eigenvalue weighted by Gasteiger charge is -2.30. The van der Waals surface area contributed by atoms with Crippen LogP contribution in [0.2, 0.25) is 0 Å². The first-order valence-corrected chi connectivity index (χ1v) is 11.2. The zero-order valence-corrected chi connectivity index (χ0v) is 18.9. The predicted molar refractivity (Wildman–Crippen MR) is 120 cm³/mol. The largest absolute Gasteiger partial charge is 0.481 e. The summed E-state index contributed by atoms with van der Waals surface area (Å²) in [7, 11) is 0. The Hall–Kier alpha value is -3.07. The molecule has 0 bridgehead atoms. The molecule has 1 aromatic heterocycles. The van der Waals surface area contributed by atoms with Crippen LogP contribution >= 0.6 is 11.3 Å². The first-order valence-electron chi connectivity index (χ1n) is 10.4. The molecule has 0 atom stereocenters. The SMILES string of the molecule is CCC(CC)(Cc1ccc(C(=O)Oc2ccc(C=N)cc2F)s1)C(=O)NCCCC(=O)O. The molecule has 0 spiro atoms. The number of amides is 1. The van der Waals surface area contributed by atoms with E-state index in [2.05, 4.69) is 5.32 Å². The van der Waals surface area contributed by atoms with Gasteiger partial charge in [0.1, 0.15) is 4.88 Å². The van der Waals surface area contributed by atoms with Gasteiger partial charge in [-0.05, 0) is 61.6 Å². The molecule has 172 valence electrons. The average Bonchev–Trinajstić information content (AvgIpc) is 3.24. The Kier molecular flexibility index (Phi) is 9.07. The summed E-state index contributed by atoms with van der Waals surface area (Å²) >= 11 is 1.19. The third-order valence-electron chi connectivity index (χ3n) is 5.39. The van der Waals surface area contributed by atoms with E-state index in [4.69, 9.17) is 15.3 Å². The van der Waals surface area contributed by atoms with Gasteiger partial charge in [-0.2, -0.15) is 0 Å². The van der Waals surface area contributed by atoms with Gasteiger partial charge < -0.3 is 20.6 Å². The number of benzene rings is 1. The first-order chi connectivity index (χ1) is 15.2. The first kappa shape index (κ1) is 25.2. The molecular formula is C23H27FN2O5S. The van der Waals surface area contributed by atoms with Crippen molar-refractivity contribution in [2.24, 2.45) is 5.41 Å². The highest BCUT2D eigenvalue weighted by Gasteiger charge is 2.35. The second-order valence-electron chi connectivity index (χ2n) is 7.41. The summed E-state index contributed by atoms with van der Waals surface area (Å²) in [6.07, 6.45) is 2.93. The molecule has 0 aliphatic carbocycles. The monoisotopic (exact) mass is 462 g/mol. The van der Waals surface area contributed by atoms with E-state index < -0.39 is 23.2 Å². The van der Waals surface area contributed by atoms with Gasteiger partial charge in [-0.3, -0.25) is 9.59 Å². The van der Waals surface area contributed by atoms with Crippen LogP contribution in [0.5, 0.6) is 5.75 Å². The molecule has 3 N–H and O–H groups in total. The Morgan fingerprint density at radius 3 is 2.53 bits per heavy atom. The molecule has 1 aromatic carbocycles. The van der Waals surface area contributed by atoms with Gasteiger partial charge in [-0.1, -0.05) is 13.8 Å². The van der Waals surface area contributed by atoms with Crippen LogP contribution in [0.25, 0.3) is 0 Å². The molecule has 0 saturated carbocycles. The number of nitrogens with one attached hydrogen (secondary N) is 2. The van der Waals surface area contributed by atoms with Gasteiger partial charge in [-0.15, -0.1) is 11.3 Å². The van der Waals surface area contributed by atoms with Crippen LogP contribution < -0.4 is 10.1 Å². The predicted octanol–water partition coefficient (Wildman–Crippen LogP) is 4.43. The lowest BCUT2D eigenvalue weighted by molar-refractivity contribution is -0.137. The fourth-order valence-electron chi connectivity index (χ4n) is 3.29. The van der Waals surface area contributed by atoms with Crippen LogP contribution in [0.3, 0.4) is 0 Å². The Balaban J connectivity index is 2.06. The smallest absolute Gasteiger partial charge is 0.353 e. The van der Waals surface area contributed by atoms with Crippen LogP contribution in [0.4, 0.5) is 4.39 Å². The zero-order chi connectivity index (χ0) is 23.7. The summed E-state index contributed by atoms with van der Waals surface area (Å²) in [6, 6.07) is 7.24. The molecule has 1 amide bonds. The zero-order valence-electron chi connectivity index (χ0n) is 18.1. The van der Waals surface area contributed by atoms with Crippen molar-refractivity contribution in [1.82, 2.24) is 5.32 Å². The minimum Gasteiger partial charge on any atom is -0.481 e. The maximum absolute atomic E-state index is 14.0. The summed E-state index contributed by atoms with van der Waals surface area (Å²) in [5, 5.41) is 18.7. The number of carboxylic acid groups (broad SMARTS) is 1. The molecule has 2 aromatic rings. The van der Waals surface area contributed by atoms with Crippen molar-refractivity contribution in [2.75, 3.05) is 6.54 Å². The van der Waals surface area contributed by atoms with Gasteiger partial charge in [0.05, 0.1) is 5.41 Å². The molecule has 32 heavy (non-hydrogen) atoms. The molecule has 0 radical (unpaired) electrons. The summed E-state index contributed by atoms with van der Waals surface area (Å²) < 4.78 is 19.2. The van der Waals surface area contributed by atoms with Crippen molar-refractivity contribution in [2.45, 2.75) is 46.0 Å². The van der Waals surface area contributed by atoms with Gasteiger partial charge in [0.2, 0.25) is 5.91 Å². The van der Waals surface area contributed by atoms with Crippen molar-refractivity contribution < 1.29 is 28.6 Å². The van der Waals surface area contributed by atoms with Crippen molar-refractivity contribution in [1.29, 1.82) is 5.41 Å². The quantitative estimate of drug-likeness (QED) is 0.187. The van der Waals surface area contributed by atoms with Crippen LogP contribution in [0.1, 0.15) is 59.6 Å². The minimum atomic E-state index is -0.903.